The molecule has 4 rings (SSSR count). The third-order valence-corrected chi connectivity index (χ3v) is 4.61. The van der Waals surface area contributed by atoms with E-state index in [4.69, 9.17) is 0 Å². The Morgan fingerprint density at radius 3 is 2.68 bits per heavy atom. The average molecular weight is 386 g/mol. The standard InChI is InChI=1S/C20H16F2N2O4/c1-11(25)13-6-4-8-16-18(13)28-20(21,22)19(27)24(16)10-12-9-17(26)14-5-2-3-7-15(14)23-12/h2-9,11,25H,10H2,1H3,(H,23,26). The number of nitrogens with zero attached hydrogens (tertiary/aromatic N) is 1. The first-order valence-electron chi connectivity index (χ1n) is 8.58. The van der Waals surface area contributed by atoms with Gasteiger partial charge in [0.1, 0.15) is 0 Å². The highest BCUT2D eigenvalue weighted by Crippen LogP contribution is 2.44. The fourth-order valence-electron chi connectivity index (χ4n) is 3.30. The number of aliphatic hydroxyl groups excluding tert-OH is 1. The molecule has 2 aromatic carbocycles. The van der Waals surface area contributed by atoms with E-state index in [0.29, 0.717) is 16.6 Å². The number of carbonyl (C=O) groups is 1. The maximum atomic E-state index is 14.2. The molecule has 6 nitrogen and oxygen atoms in total. The van der Waals surface area contributed by atoms with Gasteiger partial charge in [-0.1, -0.05) is 24.3 Å². The van der Waals surface area contributed by atoms with E-state index in [-0.39, 0.29) is 29.0 Å². The molecule has 8 heteroatoms. The van der Waals surface area contributed by atoms with Gasteiger partial charge in [-0.2, -0.15) is 8.78 Å². The van der Waals surface area contributed by atoms with E-state index in [0.717, 1.165) is 4.90 Å². The Kier molecular flexibility index (Phi) is 4.15. The zero-order valence-corrected chi connectivity index (χ0v) is 14.8. The van der Waals surface area contributed by atoms with Gasteiger partial charge in [0.25, 0.3) is 0 Å². The van der Waals surface area contributed by atoms with E-state index in [1.165, 1.54) is 31.2 Å². The largest absolute Gasteiger partial charge is 0.483 e. The number of aliphatic hydroxyl groups is 1. The Hall–Kier alpha value is -3.26. The minimum Gasteiger partial charge on any atom is -0.423 e. The van der Waals surface area contributed by atoms with Crippen molar-refractivity contribution in [3.8, 4) is 5.75 Å². The zero-order chi connectivity index (χ0) is 20.1. The Morgan fingerprint density at radius 1 is 1.18 bits per heavy atom. The molecule has 0 radical (unpaired) electrons. The van der Waals surface area contributed by atoms with Gasteiger partial charge >= 0.3 is 12.0 Å². The molecule has 0 saturated carbocycles. The first kappa shape index (κ1) is 18.1. The van der Waals surface area contributed by atoms with Crippen LogP contribution >= 0.6 is 0 Å². The van der Waals surface area contributed by atoms with Crippen LogP contribution in [0.2, 0.25) is 0 Å². The lowest BCUT2D eigenvalue weighted by Gasteiger charge is -2.34. The molecule has 1 aliphatic rings. The summed E-state index contributed by atoms with van der Waals surface area (Å²) in [7, 11) is 0. The molecule has 1 aromatic heterocycles. The Balaban J connectivity index is 1.83. The van der Waals surface area contributed by atoms with E-state index in [1.807, 2.05) is 0 Å². The second-order valence-corrected chi connectivity index (χ2v) is 6.59. The van der Waals surface area contributed by atoms with E-state index >= 15 is 0 Å². The Bertz CT molecular complexity index is 1140. The summed E-state index contributed by atoms with van der Waals surface area (Å²) in [5, 5.41) is 10.3. The molecular weight excluding hydrogens is 370 g/mol. The van der Waals surface area contributed by atoms with Crippen molar-refractivity contribution in [3.05, 3.63) is 70.0 Å². The van der Waals surface area contributed by atoms with Crippen molar-refractivity contribution in [1.29, 1.82) is 0 Å². The van der Waals surface area contributed by atoms with Gasteiger partial charge in [-0.25, -0.2) is 0 Å². The third-order valence-electron chi connectivity index (χ3n) is 4.61. The van der Waals surface area contributed by atoms with Crippen molar-refractivity contribution in [2.75, 3.05) is 4.90 Å². The molecule has 1 unspecified atom stereocenters. The van der Waals surface area contributed by atoms with E-state index in [2.05, 4.69) is 9.72 Å². The monoisotopic (exact) mass is 386 g/mol. The topological polar surface area (TPSA) is 82.6 Å². The number of fused-ring (bicyclic) bond motifs is 2. The second kappa shape index (κ2) is 6.42. The lowest BCUT2D eigenvalue weighted by molar-refractivity contribution is -0.193. The number of carbonyl (C=O) groups excluding carboxylic acids is 1. The van der Waals surface area contributed by atoms with Crippen LogP contribution in [-0.4, -0.2) is 22.1 Å². The number of nitrogens with one attached hydrogen (secondary N) is 1. The summed E-state index contributed by atoms with van der Waals surface area (Å²) in [5.41, 5.74) is 0.790. The summed E-state index contributed by atoms with van der Waals surface area (Å²) < 4.78 is 33.1. The molecule has 0 fully saturated rings. The molecule has 0 bridgehead atoms. The molecule has 28 heavy (non-hydrogen) atoms. The van der Waals surface area contributed by atoms with Crippen LogP contribution in [0.1, 0.15) is 24.3 Å². The van der Waals surface area contributed by atoms with Crippen LogP contribution in [0.15, 0.2) is 53.3 Å². The maximum absolute atomic E-state index is 14.2. The molecule has 0 aliphatic carbocycles. The van der Waals surface area contributed by atoms with Crippen LogP contribution in [0.4, 0.5) is 14.5 Å². The normalized spacial score (nSPS) is 16.6. The highest BCUT2D eigenvalue weighted by atomic mass is 19.3. The number of amides is 1. The van der Waals surface area contributed by atoms with Crippen LogP contribution < -0.4 is 15.1 Å². The van der Waals surface area contributed by atoms with Crippen LogP contribution in [-0.2, 0) is 11.3 Å². The van der Waals surface area contributed by atoms with Gasteiger partial charge in [0.05, 0.1) is 18.3 Å². The summed E-state index contributed by atoms with van der Waals surface area (Å²) in [6.07, 6.45) is -5.16. The number of rotatable bonds is 3. The van der Waals surface area contributed by atoms with Crippen molar-refractivity contribution >= 4 is 22.5 Å². The third kappa shape index (κ3) is 2.91. The van der Waals surface area contributed by atoms with Gasteiger partial charge in [-0.3, -0.25) is 14.5 Å². The number of aromatic nitrogens is 1. The van der Waals surface area contributed by atoms with Crippen molar-refractivity contribution in [3.63, 3.8) is 0 Å². The van der Waals surface area contributed by atoms with Crippen LogP contribution in [0, 0.1) is 0 Å². The summed E-state index contributed by atoms with van der Waals surface area (Å²) in [4.78, 5) is 28.5. The number of hydrogen-bond donors (Lipinski definition) is 2. The lowest BCUT2D eigenvalue weighted by Crippen LogP contribution is -2.50. The van der Waals surface area contributed by atoms with Crippen LogP contribution in [0.25, 0.3) is 10.9 Å². The zero-order valence-electron chi connectivity index (χ0n) is 14.8. The second-order valence-electron chi connectivity index (χ2n) is 6.59. The van der Waals surface area contributed by atoms with Crippen molar-refractivity contribution in [2.45, 2.75) is 25.7 Å². The van der Waals surface area contributed by atoms with Gasteiger partial charge < -0.3 is 14.8 Å². The SMILES string of the molecule is CC(O)c1cccc2c1OC(F)(F)C(=O)N2Cc1cc(=O)c2ccccc2[nH]1. The molecule has 0 spiro atoms. The predicted molar refractivity (Wildman–Crippen MR) is 98.4 cm³/mol. The number of pyridine rings is 1. The molecular formula is C20H16F2N2O4. The number of alkyl halides is 2. The summed E-state index contributed by atoms with van der Waals surface area (Å²) in [6.45, 7) is 1.13. The Morgan fingerprint density at radius 2 is 1.93 bits per heavy atom. The highest BCUT2D eigenvalue weighted by Gasteiger charge is 2.51. The number of H-pyrrole nitrogens is 1. The molecule has 1 atom stereocenters. The molecule has 1 aliphatic heterocycles. The van der Waals surface area contributed by atoms with Crippen molar-refractivity contribution in [1.82, 2.24) is 4.98 Å². The summed E-state index contributed by atoms with van der Waals surface area (Å²) in [5.74, 6) is -1.80. The fourth-order valence-corrected chi connectivity index (χ4v) is 3.30. The average Bonchev–Trinajstić information content (AvgIpc) is 2.64. The minimum absolute atomic E-state index is 0.100. The molecule has 3 aromatic rings. The van der Waals surface area contributed by atoms with E-state index in [1.54, 1.807) is 24.3 Å². The van der Waals surface area contributed by atoms with Crippen molar-refractivity contribution in [2.24, 2.45) is 0 Å². The molecule has 1 amide bonds. The number of anilines is 1. The van der Waals surface area contributed by atoms with Crippen molar-refractivity contribution < 1.29 is 23.4 Å². The number of aromatic amines is 1. The molecule has 144 valence electrons. The van der Waals surface area contributed by atoms with Gasteiger partial charge in [0.15, 0.2) is 11.2 Å². The molecule has 2 N–H and O–H groups in total. The lowest BCUT2D eigenvalue weighted by atomic mass is 10.1. The summed E-state index contributed by atoms with van der Waals surface area (Å²) >= 11 is 0. The number of para-hydroxylation sites is 2. The van der Waals surface area contributed by atoms with Crippen LogP contribution in [0.3, 0.4) is 0 Å². The molecule has 0 saturated heterocycles. The van der Waals surface area contributed by atoms with Gasteiger partial charge in [-0.15, -0.1) is 0 Å². The minimum atomic E-state index is -4.09. The summed E-state index contributed by atoms with van der Waals surface area (Å²) in [6, 6.07) is 12.5. The van der Waals surface area contributed by atoms with Gasteiger partial charge in [0, 0.05) is 28.2 Å². The maximum Gasteiger partial charge on any atom is 0.483 e. The number of hydrogen-bond acceptors (Lipinski definition) is 4. The van der Waals surface area contributed by atoms with E-state index < -0.39 is 18.1 Å². The predicted octanol–water partition coefficient (Wildman–Crippen LogP) is 3.10. The van der Waals surface area contributed by atoms with E-state index in [9.17, 15) is 23.5 Å². The quantitative estimate of drug-likeness (QED) is 0.725. The Labute approximate surface area is 158 Å². The number of halogens is 2. The first-order valence-corrected chi connectivity index (χ1v) is 8.58. The number of benzene rings is 2. The first-order chi connectivity index (χ1) is 13.3. The highest BCUT2D eigenvalue weighted by molar-refractivity contribution is 6.01. The fraction of sp³-hybridized carbons (Fsp3) is 0.200. The van der Waals surface area contributed by atoms with Gasteiger partial charge in [-0.05, 0) is 25.1 Å². The molecule has 2 heterocycles. The number of ether oxygens (including phenoxy) is 1. The van der Waals surface area contributed by atoms with Crippen LogP contribution in [0.5, 0.6) is 5.75 Å². The smallest absolute Gasteiger partial charge is 0.423 e. The van der Waals surface area contributed by atoms with Gasteiger partial charge in [0.2, 0.25) is 0 Å².